The lowest BCUT2D eigenvalue weighted by atomic mass is 10.1. The highest BCUT2D eigenvalue weighted by Crippen LogP contribution is 2.28. The zero-order valence-electron chi connectivity index (χ0n) is 8.65. The summed E-state index contributed by atoms with van der Waals surface area (Å²) < 4.78 is 14.2. The maximum absolute atomic E-state index is 14.2. The van der Waals surface area contributed by atoms with Crippen LogP contribution in [0.1, 0.15) is 6.42 Å². The van der Waals surface area contributed by atoms with Crippen LogP contribution < -0.4 is 4.90 Å². The van der Waals surface area contributed by atoms with Gasteiger partial charge in [0, 0.05) is 24.8 Å². The highest BCUT2D eigenvalue weighted by molar-refractivity contribution is 5.64. The quantitative estimate of drug-likeness (QED) is 0.836. The molecule has 0 amide bonds. The number of halogens is 1. The number of hydrogen-bond donors (Lipinski definition) is 1. The zero-order chi connectivity index (χ0) is 11.0. The predicted octanol–water partition coefficient (Wildman–Crippen LogP) is 1.82. The minimum absolute atomic E-state index is 0.272. The number of aromatic nitrogens is 3. The van der Waals surface area contributed by atoms with E-state index in [1.54, 1.807) is 24.8 Å². The molecule has 2 aromatic rings. The standard InChI is InChI=1S/C11H11FN4/c12-10-8(9-6-13-7-15-9)2-3-14-11(10)16-4-1-5-16/h2-3,6-7H,1,4-5H2,(H,13,15). The summed E-state index contributed by atoms with van der Waals surface area (Å²) in [4.78, 5) is 12.8. The molecule has 1 fully saturated rings. The summed E-state index contributed by atoms with van der Waals surface area (Å²) in [6.07, 6.45) is 5.89. The summed E-state index contributed by atoms with van der Waals surface area (Å²) in [7, 11) is 0. The second-order valence-electron chi connectivity index (χ2n) is 3.80. The molecule has 2 aromatic heterocycles. The van der Waals surface area contributed by atoms with Crippen molar-refractivity contribution < 1.29 is 4.39 Å². The molecule has 0 saturated carbocycles. The third-order valence-corrected chi connectivity index (χ3v) is 2.81. The van der Waals surface area contributed by atoms with E-state index in [1.165, 1.54) is 0 Å². The number of imidazole rings is 1. The zero-order valence-corrected chi connectivity index (χ0v) is 8.65. The van der Waals surface area contributed by atoms with E-state index < -0.39 is 0 Å². The van der Waals surface area contributed by atoms with Crippen LogP contribution in [0.2, 0.25) is 0 Å². The van der Waals surface area contributed by atoms with Gasteiger partial charge in [-0.3, -0.25) is 0 Å². The summed E-state index contributed by atoms with van der Waals surface area (Å²) in [6, 6.07) is 1.66. The Morgan fingerprint density at radius 2 is 2.25 bits per heavy atom. The molecule has 1 saturated heterocycles. The van der Waals surface area contributed by atoms with Crippen LogP contribution in [0.4, 0.5) is 10.2 Å². The minimum Gasteiger partial charge on any atom is -0.354 e. The molecule has 0 bridgehead atoms. The van der Waals surface area contributed by atoms with E-state index in [9.17, 15) is 4.39 Å². The lowest BCUT2D eigenvalue weighted by molar-refractivity contribution is 0.564. The van der Waals surface area contributed by atoms with Crippen molar-refractivity contribution in [3.05, 3.63) is 30.6 Å². The smallest absolute Gasteiger partial charge is 0.175 e. The molecule has 0 spiro atoms. The van der Waals surface area contributed by atoms with Gasteiger partial charge in [-0.1, -0.05) is 0 Å². The number of aromatic amines is 1. The first kappa shape index (κ1) is 9.33. The molecule has 16 heavy (non-hydrogen) atoms. The number of hydrogen-bond acceptors (Lipinski definition) is 3. The van der Waals surface area contributed by atoms with Crippen LogP contribution >= 0.6 is 0 Å². The molecule has 3 rings (SSSR count). The van der Waals surface area contributed by atoms with Crippen LogP contribution in [0.15, 0.2) is 24.8 Å². The molecule has 5 heteroatoms. The van der Waals surface area contributed by atoms with Crippen molar-refractivity contribution in [3.63, 3.8) is 0 Å². The molecule has 3 heterocycles. The van der Waals surface area contributed by atoms with E-state index in [2.05, 4.69) is 15.0 Å². The van der Waals surface area contributed by atoms with E-state index in [0.29, 0.717) is 17.1 Å². The number of nitrogens with zero attached hydrogens (tertiary/aromatic N) is 3. The van der Waals surface area contributed by atoms with Crippen molar-refractivity contribution in [1.29, 1.82) is 0 Å². The Morgan fingerprint density at radius 1 is 1.38 bits per heavy atom. The van der Waals surface area contributed by atoms with Crippen molar-refractivity contribution in [3.8, 4) is 11.3 Å². The van der Waals surface area contributed by atoms with Crippen LogP contribution in [-0.2, 0) is 0 Å². The number of rotatable bonds is 2. The first-order valence-corrected chi connectivity index (χ1v) is 5.24. The van der Waals surface area contributed by atoms with Gasteiger partial charge < -0.3 is 9.88 Å². The van der Waals surface area contributed by atoms with Crippen LogP contribution in [0.25, 0.3) is 11.3 Å². The molecular weight excluding hydrogens is 207 g/mol. The number of anilines is 1. The summed E-state index contributed by atoms with van der Waals surface area (Å²) in [6.45, 7) is 1.77. The second-order valence-corrected chi connectivity index (χ2v) is 3.80. The molecule has 0 aromatic carbocycles. The van der Waals surface area contributed by atoms with Gasteiger partial charge in [-0.15, -0.1) is 0 Å². The van der Waals surface area contributed by atoms with Crippen LogP contribution in [-0.4, -0.2) is 28.0 Å². The maximum Gasteiger partial charge on any atom is 0.175 e. The molecule has 0 radical (unpaired) electrons. The van der Waals surface area contributed by atoms with Crippen molar-refractivity contribution in [2.24, 2.45) is 0 Å². The molecule has 1 aliphatic heterocycles. The van der Waals surface area contributed by atoms with Crippen molar-refractivity contribution in [2.75, 3.05) is 18.0 Å². The van der Waals surface area contributed by atoms with Crippen molar-refractivity contribution in [2.45, 2.75) is 6.42 Å². The average molecular weight is 218 g/mol. The fraction of sp³-hybridized carbons (Fsp3) is 0.273. The van der Waals surface area contributed by atoms with Gasteiger partial charge in [0.1, 0.15) is 0 Å². The molecule has 0 atom stereocenters. The van der Waals surface area contributed by atoms with Gasteiger partial charge in [-0.05, 0) is 12.5 Å². The third-order valence-electron chi connectivity index (χ3n) is 2.81. The summed E-state index contributed by atoms with van der Waals surface area (Å²) in [5.74, 6) is 0.171. The Labute approximate surface area is 92.2 Å². The molecule has 0 unspecified atom stereocenters. The monoisotopic (exact) mass is 218 g/mol. The van der Waals surface area contributed by atoms with Gasteiger partial charge in [-0.2, -0.15) is 0 Å². The van der Waals surface area contributed by atoms with E-state index in [4.69, 9.17) is 0 Å². The fourth-order valence-corrected chi connectivity index (χ4v) is 1.79. The highest BCUT2D eigenvalue weighted by Gasteiger charge is 2.21. The van der Waals surface area contributed by atoms with Gasteiger partial charge in [0.2, 0.25) is 0 Å². The summed E-state index contributed by atoms with van der Waals surface area (Å²) in [5.41, 5.74) is 1.20. The molecule has 0 aliphatic carbocycles. The van der Waals surface area contributed by atoms with E-state index in [1.807, 2.05) is 4.90 Å². The summed E-state index contributed by atoms with van der Waals surface area (Å²) >= 11 is 0. The van der Waals surface area contributed by atoms with Gasteiger partial charge in [0.05, 0.1) is 18.2 Å². The van der Waals surface area contributed by atoms with Crippen LogP contribution in [0.3, 0.4) is 0 Å². The fourth-order valence-electron chi connectivity index (χ4n) is 1.79. The SMILES string of the molecule is Fc1c(-c2cnc[nH]2)ccnc1N1CCC1. The predicted molar refractivity (Wildman–Crippen MR) is 58.6 cm³/mol. The largest absolute Gasteiger partial charge is 0.354 e. The topological polar surface area (TPSA) is 44.8 Å². The average Bonchev–Trinajstić information content (AvgIpc) is 2.71. The van der Waals surface area contributed by atoms with Gasteiger partial charge in [0.15, 0.2) is 11.6 Å². The van der Waals surface area contributed by atoms with E-state index in [-0.39, 0.29) is 5.82 Å². The van der Waals surface area contributed by atoms with Gasteiger partial charge in [0.25, 0.3) is 0 Å². The van der Waals surface area contributed by atoms with Crippen molar-refractivity contribution in [1.82, 2.24) is 15.0 Å². The Balaban J connectivity index is 2.06. The Kier molecular flexibility index (Phi) is 2.09. The Bertz CT molecular complexity index is 491. The molecule has 1 aliphatic rings. The Hall–Kier alpha value is -1.91. The summed E-state index contributed by atoms with van der Waals surface area (Å²) in [5, 5.41) is 0. The molecule has 1 N–H and O–H groups in total. The maximum atomic E-state index is 14.2. The molecule has 82 valence electrons. The number of pyridine rings is 1. The van der Waals surface area contributed by atoms with E-state index in [0.717, 1.165) is 19.5 Å². The first-order valence-electron chi connectivity index (χ1n) is 5.24. The van der Waals surface area contributed by atoms with Gasteiger partial charge in [-0.25, -0.2) is 14.4 Å². The van der Waals surface area contributed by atoms with Crippen molar-refractivity contribution >= 4 is 5.82 Å². The minimum atomic E-state index is -0.272. The Morgan fingerprint density at radius 3 is 2.88 bits per heavy atom. The molecular formula is C11H11FN4. The number of H-pyrrole nitrogens is 1. The van der Waals surface area contributed by atoms with Crippen LogP contribution in [0.5, 0.6) is 0 Å². The normalized spacial score (nSPS) is 14.9. The van der Waals surface area contributed by atoms with Crippen LogP contribution in [0, 0.1) is 5.82 Å². The lowest BCUT2D eigenvalue weighted by Gasteiger charge is -2.32. The molecule has 4 nitrogen and oxygen atoms in total. The van der Waals surface area contributed by atoms with Gasteiger partial charge >= 0.3 is 0 Å². The number of nitrogens with one attached hydrogen (secondary N) is 1. The van der Waals surface area contributed by atoms with E-state index >= 15 is 0 Å². The lowest BCUT2D eigenvalue weighted by Crippen LogP contribution is -2.38. The third kappa shape index (κ3) is 1.36. The highest BCUT2D eigenvalue weighted by atomic mass is 19.1. The first-order chi connectivity index (χ1) is 7.86. The second kappa shape index (κ2) is 3.59.